The van der Waals surface area contributed by atoms with Gasteiger partial charge in [0.05, 0.1) is 10.6 Å². The van der Waals surface area contributed by atoms with Gasteiger partial charge in [-0.3, -0.25) is 19.7 Å². The third-order valence-corrected chi connectivity index (χ3v) is 4.16. The van der Waals surface area contributed by atoms with Gasteiger partial charge in [-0.25, -0.2) is 5.43 Å². The van der Waals surface area contributed by atoms with Gasteiger partial charge in [-0.1, -0.05) is 12.1 Å². The molecule has 2 aromatic rings. The van der Waals surface area contributed by atoms with E-state index in [2.05, 4.69) is 15.8 Å². The molecular formula is C19H18N4O4. The molecule has 0 saturated heterocycles. The van der Waals surface area contributed by atoms with E-state index < -0.39 is 10.8 Å². The topological polar surface area (TPSA) is 114 Å². The maximum Gasteiger partial charge on any atom is 0.271 e. The van der Waals surface area contributed by atoms with Crippen molar-refractivity contribution in [1.82, 2.24) is 5.43 Å². The number of carbonyl (C=O) groups excluding carboxylic acids is 2. The summed E-state index contributed by atoms with van der Waals surface area (Å²) in [7, 11) is 0. The second-order valence-electron chi connectivity index (χ2n) is 6.29. The lowest BCUT2D eigenvalue weighted by atomic mass is 10.1. The molecule has 0 bridgehead atoms. The van der Waals surface area contributed by atoms with Crippen LogP contribution >= 0.6 is 0 Å². The zero-order valence-electron chi connectivity index (χ0n) is 14.6. The van der Waals surface area contributed by atoms with Crippen LogP contribution in [0.15, 0.2) is 53.6 Å². The molecule has 8 heteroatoms. The van der Waals surface area contributed by atoms with Gasteiger partial charge >= 0.3 is 0 Å². The largest absolute Gasteiger partial charge is 0.326 e. The molecule has 138 valence electrons. The van der Waals surface area contributed by atoms with E-state index in [0.717, 1.165) is 18.4 Å². The highest BCUT2D eigenvalue weighted by Gasteiger charge is 2.29. The number of hydrogen-bond acceptors (Lipinski definition) is 5. The molecule has 0 aliphatic heterocycles. The molecule has 27 heavy (non-hydrogen) atoms. The normalized spacial score (nSPS) is 13.7. The number of anilines is 1. The number of non-ortho nitro benzene ring substituents is 1. The molecule has 0 unspecified atom stereocenters. The summed E-state index contributed by atoms with van der Waals surface area (Å²) in [6.45, 7) is 1.73. The molecule has 2 aromatic carbocycles. The number of benzene rings is 2. The fraction of sp³-hybridized carbons (Fsp3) is 0.211. The summed E-state index contributed by atoms with van der Waals surface area (Å²) < 4.78 is 0. The van der Waals surface area contributed by atoms with E-state index in [1.165, 1.54) is 24.3 Å². The molecule has 1 saturated carbocycles. The van der Waals surface area contributed by atoms with E-state index in [9.17, 15) is 19.7 Å². The Morgan fingerprint density at radius 2 is 1.81 bits per heavy atom. The standard InChI is InChI=1S/C19H18N4O4/c1-12(15-3-2-4-16(11-15)20-18(24)13-5-6-13)21-22-19(25)14-7-9-17(10-8-14)23(26)27/h2-4,7-11,13H,5-6H2,1H3,(H,20,24)(H,22,25). The predicted octanol–water partition coefficient (Wildman–Crippen LogP) is 3.10. The van der Waals surface area contributed by atoms with Crippen LogP contribution in [0.3, 0.4) is 0 Å². The number of hydrazone groups is 1. The van der Waals surface area contributed by atoms with Gasteiger partial charge in [-0.15, -0.1) is 0 Å². The molecule has 0 atom stereocenters. The summed E-state index contributed by atoms with van der Waals surface area (Å²) in [6, 6.07) is 12.5. The maximum absolute atomic E-state index is 12.1. The van der Waals surface area contributed by atoms with Crippen molar-refractivity contribution in [1.29, 1.82) is 0 Å². The van der Waals surface area contributed by atoms with E-state index in [1.807, 2.05) is 6.07 Å². The minimum absolute atomic E-state index is 0.0215. The first-order chi connectivity index (χ1) is 12.9. The summed E-state index contributed by atoms with van der Waals surface area (Å²) in [5.74, 6) is -0.333. The lowest BCUT2D eigenvalue weighted by Gasteiger charge is -2.07. The van der Waals surface area contributed by atoms with Gasteiger partial charge in [0, 0.05) is 29.3 Å². The van der Waals surface area contributed by atoms with Crippen LogP contribution < -0.4 is 10.7 Å². The Hall–Kier alpha value is -3.55. The van der Waals surface area contributed by atoms with Gasteiger partial charge in [0.25, 0.3) is 11.6 Å². The third kappa shape index (κ3) is 4.75. The van der Waals surface area contributed by atoms with Crippen molar-refractivity contribution in [3.63, 3.8) is 0 Å². The molecule has 1 aliphatic rings. The number of hydrogen-bond donors (Lipinski definition) is 2. The zero-order chi connectivity index (χ0) is 19.4. The van der Waals surface area contributed by atoms with Crippen LogP contribution in [0.1, 0.15) is 35.7 Å². The average Bonchev–Trinajstić information content (AvgIpc) is 3.51. The van der Waals surface area contributed by atoms with E-state index in [4.69, 9.17) is 0 Å². The van der Waals surface area contributed by atoms with Crippen LogP contribution in [0, 0.1) is 16.0 Å². The van der Waals surface area contributed by atoms with Crippen molar-refractivity contribution in [2.45, 2.75) is 19.8 Å². The predicted molar refractivity (Wildman–Crippen MR) is 101 cm³/mol. The molecule has 0 radical (unpaired) electrons. The monoisotopic (exact) mass is 366 g/mol. The van der Waals surface area contributed by atoms with Crippen molar-refractivity contribution < 1.29 is 14.5 Å². The minimum Gasteiger partial charge on any atom is -0.326 e. The van der Waals surface area contributed by atoms with Crippen LogP contribution in [0.4, 0.5) is 11.4 Å². The lowest BCUT2D eigenvalue weighted by Crippen LogP contribution is -2.19. The zero-order valence-corrected chi connectivity index (χ0v) is 14.6. The molecule has 2 amide bonds. The van der Waals surface area contributed by atoms with E-state index >= 15 is 0 Å². The summed E-state index contributed by atoms with van der Waals surface area (Å²) in [5, 5.41) is 17.6. The summed E-state index contributed by atoms with van der Waals surface area (Å²) in [5.41, 5.74) is 4.61. The highest BCUT2D eigenvalue weighted by atomic mass is 16.6. The Bertz CT molecular complexity index is 918. The average molecular weight is 366 g/mol. The van der Waals surface area contributed by atoms with Crippen molar-refractivity contribution in [2.75, 3.05) is 5.32 Å². The second kappa shape index (κ2) is 7.77. The number of rotatable bonds is 6. The van der Waals surface area contributed by atoms with Gasteiger partial charge in [0.2, 0.25) is 5.91 Å². The second-order valence-corrected chi connectivity index (χ2v) is 6.29. The van der Waals surface area contributed by atoms with Gasteiger partial charge in [0.1, 0.15) is 0 Å². The van der Waals surface area contributed by atoms with E-state index in [1.54, 1.807) is 25.1 Å². The minimum atomic E-state index is -0.529. The van der Waals surface area contributed by atoms with Gasteiger partial charge < -0.3 is 5.32 Å². The molecule has 2 N–H and O–H groups in total. The molecule has 8 nitrogen and oxygen atoms in total. The molecule has 0 spiro atoms. The van der Waals surface area contributed by atoms with Crippen LogP contribution in [0.5, 0.6) is 0 Å². The van der Waals surface area contributed by atoms with Crippen molar-refractivity contribution in [2.24, 2.45) is 11.0 Å². The fourth-order valence-corrected chi connectivity index (χ4v) is 2.41. The Labute approximate surface area is 155 Å². The third-order valence-electron chi connectivity index (χ3n) is 4.16. The van der Waals surface area contributed by atoms with Crippen molar-refractivity contribution in [3.05, 3.63) is 69.8 Å². The first kappa shape index (κ1) is 18.2. The fourth-order valence-electron chi connectivity index (χ4n) is 2.41. The first-order valence-corrected chi connectivity index (χ1v) is 8.44. The molecule has 0 heterocycles. The number of nitro groups is 1. The van der Waals surface area contributed by atoms with Gasteiger partial charge in [-0.2, -0.15) is 5.10 Å². The summed E-state index contributed by atoms with van der Waals surface area (Å²) >= 11 is 0. The summed E-state index contributed by atoms with van der Waals surface area (Å²) in [6.07, 6.45) is 1.86. The number of nitrogens with zero attached hydrogens (tertiary/aromatic N) is 2. The van der Waals surface area contributed by atoms with Crippen LogP contribution in [0.25, 0.3) is 0 Å². The van der Waals surface area contributed by atoms with Gasteiger partial charge in [-0.05, 0) is 49.6 Å². The molecule has 1 aliphatic carbocycles. The maximum atomic E-state index is 12.1. The molecule has 0 aromatic heterocycles. The quantitative estimate of drug-likeness (QED) is 0.464. The van der Waals surface area contributed by atoms with Crippen LogP contribution in [0.2, 0.25) is 0 Å². The Kier molecular flexibility index (Phi) is 5.25. The summed E-state index contributed by atoms with van der Waals surface area (Å²) in [4.78, 5) is 34.1. The Morgan fingerprint density at radius 3 is 2.44 bits per heavy atom. The van der Waals surface area contributed by atoms with Crippen LogP contribution in [-0.2, 0) is 4.79 Å². The van der Waals surface area contributed by atoms with E-state index in [-0.39, 0.29) is 23.1 Å². The van der Waals surface area contributed by atoms with E-state index in [0.29, 0.717) is 11.4 Å². The van der Waals surface area contributed by atoms with Crippen molar-refractivity contribution >= 4 is 28.9 Å². The lowest BCUT2D eigenvalue weighted by molar-refractivity contribution is -0.384. The van der Waals surface area contributed by atoms with Crippen LogP contribution in [-0.4, -0.2) is 22.4 Å². The number of nitro benzene ring substituents is 1. The SMILES string of the molecule is CC(=NNC(=O)c1ccc([N+](=O)[O-])cc1)c1cccc(NC(=O)C2CC2)c1. The molecule has 1 fully saturated rings. The first-order valence-electron chi connectivity index (χ1n) is 8.44. The smallest absolute Gasteiger partial charge is 0.271 e. The van der Waals surface area contributed by atoms with Crippen molar-refractivity contribution in [3.8, 4) is 0 Å². The highest BCUT2D eigenvalue weighted by Crippen LogP contribution is 2.30. The molecule has 3 rings (SSSR count). The Morgan fingerprint density at radius 1 is 1.11 bits per heavy atom. The number of amides is 2. The molecular weight excluding hydrogens is 348 g/mol. The number of nitrogens with one attached hydrogen (secondary N) is 2. The Balaban J connectivity index is 1.65. The number of carbonyl (C=O) groups is 2. The van der Waals surface area contributed by atoms with Gasteiger partial charge in [0.15, 0.2) is 0 Å². The highest BCUT2D eigenvalue weighted by molar-refractivity contribution is 6.02.